The summed E-state index contributed by atoms with van der Waals surface area (Å²) in [4.78, 5) is 28.5. The van der Waals surface area contributed by atoms with E-state index in [-0.39, 0.29) is 28.1 Å². The number of ether oxygens (including phenoxy) is 1. The number of rotatable bonds is 5. The molecule has 3 heterocycles. The topological polar surface area (TPSA) is 85.8 Å². The fourth-order valence-corrected chi connectivity index (χ4v) is 4.48. The van der Waals surface area contributed by atoms with Crippen LogP contribution in [0.5, 0.6) is 5.75 Å². The van der Waals surface area contributed by atoms with Crippen molar-refractivity contribution < 1.29 is 22.9 Å². The van der Waals surface area contributed by atoms with Crippen LogP contribution < -0.4 is 15.1 Å². The first-order valence-corrected chi connectivity index (χ1v) is 11.3. The molecule has 7 nitrogen and oxygen atoms in total. The summed E-state index contributed by atoms with van der Waals surface area (Å²) in [6.45, 7) is 2.06. The van der Waals surface area contributed by atoms with Crippen molar-refractivity contribution in [3.63, 3.8) is 0 Å². The van der Waals surface area contributed by atoms with E-state index in [9.17, 15) is 14.0 Å². The summed E-state index contributed by atoms with van der Waals surface area (Å²) in [6.07, 6.45) is 0. The molecule has 2 aromatic heterocycles. The molecule has 178 valence electrons. The molecule has 0 saturated heterocycles. The van der Waals surface area contributed by atoms with Gasteiger partial charge in [0.25, 0.3) is 5.91 Å². The number of carbonyl (C=O) groups excluding carboxylic acids is 1. The molecule has 36 heavy (non-hydrogen) atoms. The number of nitrogens with zero attached hydrogens (tertiary/aromatic N) is 2. The van der Waals surface area contributed by atoms with Crippen molar-refractivity contribution in [3.05, 3.63) is 123 Å². The Morgan fingerprint density at radius 1 is 1.00 bits per heavy atom. The Bertz CT molecular complexity index is 1680. The zero-order chi connectivity index (χ0) is 24.8. The van der Waals surface area contributed by atoms with Crippen molar-refractivity contribution >= 4 is 22.7 Å². The maximum absolute atomic E-state index is 14.0. The molecule has 0 aliphatic carbocycles. The number of fused-ring (bicyclic) bond motifs is 2. The van der Waals surface area contributed by atoms with Gasteiger partial charge in [-0.25, -0.2) is 4.39 Å². The molecule has 0 radical (unpaired) electrons. The molecule has 6 rings (SSSR count). The normalized spacial score (nSPS) is 14.9. The summed E-state index contributed by atoms with van der Waals surface area (Å²) in [5, 5.41) is 4.07. The van der Waals surface area contributed by atoms with Crippen molar-refractivity contribution in [3.8, 4) is 5.75 Å². The Hall–Kier alpha value is -4.72. The molecule has 1 aliphatic heterocycles. The number of benzene rings is 3. The maximum atomic E-state index is 14.0. The van der Waals surface area contributed by atoms with Crippen LogP contribution in [0.15, 0.2) is 92.6 Å². The molecule has 1 aliphatic rings. The first-order chi connectivity index (χ1) is 17.5. The van der Waals surface area contributed by atoms with Gasteiger partial charge in [-0.3, -0.25) is 14.5 Å². The van der Waals surface area contributed by atoms with Gasteiger partial charge in [-0.15, -0.1) is 0 Å². The molecular formula is C28H19FN2O5. The van der Waals surface area contributed by atoms with Crippen LogP contribution >= 0.6 is 0 Å². The first kappa shape index (κ1) is 21.8. The quantitative estimate of drug-likeness (QED) is 0.326. The van der Waals surface area contributed by atoms with Crippen LogP contribution in [0, 0.1) is 12.7 Å². The van der Waals surface area contributed by atoms with Crippen molar-refractivity contribution in [1.82, 2.24) is 5.16 Å². The average Bonchev–Trinajstić information content (AvgIpc) is 3.45. The van der Waals surface area contributed by atoms with E-state index in [1.807, 2.05) is 30.3 Å². The van der Waals surface area contributed by atoms with Gasteiger partial charge in [-0.2, -0.15) is 0 Å². The molecule has 8 heteroatoms. The first-order valence-electron chi connectivity index (χ1n) is 11.3. The largest absolute Gasteiger partial charge is 0.489 e. The second-order valence-electron chi connectivity index (χ2n) is 8.53. The van der Waals surface area contributed by atoms with Gasteiger partial charge >= 0.3 is 0 Å². The highest BCUT2D eigenvalue weighted by Gasteiger charge is 2.45. The average molecular weight is 482 g/mol. The maximum Gasteiger partial charge on any atom is 0.296 e. The zero-order valence-corrected chi connectivity index (χ0v) is 19.1. The fourth-order valence-electron chi connectivity index (χ4n) is 4.48. The van der Waals surface area contributed by atoms with Gasteiger partial charge in [0, 0.05) is 6.07 Å². The van der Waals surface area contributed by atoms with E-state index in [4.69, 9.17) is 13.7 Å². The number of hydrogen-bond acceptors (Lipinski definition) is 6. The van der Waals surface area contributed by atoms with Crippen LogP contribution in [0.2, 0.25) is 0 Å². The van der Waals surface area contributed by atoms with E-state index in [1.54, 1.807) is 37.3 Å². The molecule has 0 fully saturated rings. The molecule has 0 bridgehead atoms. The lowest BCUT2D eigenvalue weighted by atomic mass is 9.98. The summed E-state index contributed by atoms with van der Waals surface area (Å²) in [6, 6.07) is 21.2. The van der Waals surface area contributed by atoms with Crippen LogP contribution in [-0.2, 0) is 6.61 Å². The SMILES string of the molecule is Cc1cc(N2C(=O)c3oc4ccc(F)cc4c(=O)c3[C@@H]2c2cccc(OCc3ccccc3)c2)no1. The van der Waals surface area contributed by atoms with Crippen molar-refractivity contribution in [1.29, 1.82) is 0 Å². The Kier molecular flexibility index (Phi) is 5.14. The van der Waals surface area contributed by atoms with Crippen molar-refractivity contribution in [2.75, 3.05) is 4.90 Å². The molecule has 0 unspecified atom stereocenters. The predicted molar refractivity (Wildman–Crippen MR) is 130 cm³/mol. The van der Waals surface area contributed by atoms with Gasteiger partial charge in [0.05, 0.1) is 17.0 Å². The summed E-state index contributed by atoms with van der Waals surface area (Å²) in [5.41, 5.74) is 1.36. The summed E-state index contributed by atoms with van der Waals surface area (Å²) in [7, 11) is 0. The minimum atomic E-state index is -0.874. The van der Waals surface area contributed by atoms with E-state index < -0.39 is 23.2 Å². The molecule has 3 aromatic carbocycles. The van der Waals surface area contributed by atoms with Gasteiger partial charge in [0.1, 0.15) is 29.5 Å². The summed E-state index contributed by atoms with van der Waals surface area (Å²) < 4.78 is 31.0. The Morgan fingerprint density at radius 2 is 1.83 bits per heavy atom. The van der Waals surface area contributed by atoms with Crippen LogP contribution in [0.4, 0.5) is 10.2 Å². The van der Waals surface area contributed by atoms with Crippen LogP contribution in [0.1, 0.15) is 39.0 Å². The van der Waals surface area contributed by atoms with Crippen LogP contribution in [-0.4, -0.2) is 11.1 Å². The highest BCUT2D eigenvalue weighted by atomic mass is 19.1. The Balaban J connectivity index is 1.49. The molecular weight excluding hydrogens is 463 g/mol. The van der Waals surface area contributed by atoms with E-state index in [2.05, 4.69) is 5.16 Å². The van der Waals surface area contributed by atoms with E-state index in [0.29, 0.717) is 23.7 Å². The lowest BCUT2D eigenvalue weighted by molar-refractivity contribution is 0.0969. The highest BCUT2D eigenvalue weighted by Crippen LogP contribution is 2.41. The van der Waals surface area contributed by atoms with E-state index in [1.165, 1.54) is 17.0 Å². The Morgan fingerprint density at radius 3 is 2.61 bits per heavy atom. The van der Waals surface area contributed by atoms with Gasteiger partial charge in [0.15, 0.2) is 11.2 Å². The van der Waals surface area contributed by atoms with Gasteiger partial charge < -0.3 is 13.7 Å². The monoisotopic (exact) mass is 482 g/mol. The summed E-state index contributed by atoms with van der Waals surface area (Å²) in [5.74, 6) is 0.0707. The highest BCUT2D eigenvalue weighted by molar-refractivity contribution is 6.10. The Labute approximate surface area is 204 Å². The van der Waals surface area contributed by atoms with E-state index in [0.717, 1.165) is 11.6 Å². The van der Waals surface area contributed by atoms with Crippen molar-refractivity contribution in [2.24, 2.45) is 0 Å². The number of aryl methyl sites for hydroxylation is 1. The molecule has 1 atom stereocenters. The lowest BCUT2D eigenvalue weighted by Crippen LogP contribution is -2.29. The molecule has 0 spiro atoms. The number of aromatic nitrogens is 1. The number of halogens is 1. The molecule has 1 amide bonds. The minimum Gasteiger partial charge on any atom is -0.489 e. The zero-order valence-electron chi connectivity index (χ0n) is 19.1. The standard InChI is InChI=1S/C28H19FN2O5/c1-16-12-23(30-36-16)31-25(18-8-5-9-20(13-18)34-15-17-6-3-2-4-7-17)24-26(32)21-14-19(29)10-11-22(21)35-27(24)28(31)33/h2-14,25H,15H2,1H3/t25-/m0/s1. The molecule has 0 N–H and O–H groups in total. The molecule has 0 saturated carbocycles. The second kappa shape index (κ2) is 8.49. The minimum absolute atomic E-state index is 0.0567. The fraction of sp³-hybridized carbons (Fsp3) is 0.107. The lowest BCUT2D eigenvalue weighted by Gasteiger charge is -2.22. The predicted octanol–water partition coefficient (Wildman–Crippen LogP) is 5.56. The van der Waals surface area contributed by atoms with Gasteiger partial charge in [0.2, 0.25) is 5.76 Å². The third-order valence-corrected chi connectivity index (χ3v) is 6.12. The third-order valence-electron chi connectivity index (χ3n) is 6.12. The van der Waals surface area contributed by atoms with Gasteiger partial charge in [-0.05, 0) is 48.4 Å². The number of carbonyl (C=O) groups is 1. The number of amides is 1. The number of anilines is 1. The number of hydrogen-bond donors (Lipinski definition) is 0. The third kappa shape index (κ3) is 3.63. The van der Waals surface area contributed by atoms with Crippen LogP contribution in [0.3, 0.4) is 0 Å². The second-order valence-corrected chi connectivity index (χ2v) is 8.53. The van der Waals surface area contributed by atoms with Gasteiger partial charge in [-0.1, -0.05) is 47.6 Å². The molecule has 5 aromatic rings. The smallest absolute Gasteiger partial charge is 0.296 e. The van der Waals surface area contributed by atoms with Crippen LogP contribution in [0.25, 0.3) is 11.0 Å². The van der Waals surface area contributed by atoms with Crippen molar-refractivity contribution in [2.45, 2.75) is 19.6 Å². The van der Waals surface area contributed by atoms with E-state index >= 15 is 0 Å². The summed E-state index contributed by atoms with van der Waals surface area (Å²) >= 11 is 0.